The molecule has 0 spiro atoms. The molecule has 142 valence electrons. The van der Waals surface area contributed by atoms with Gasteiger partial charge in [0.25, 0.3) is 0 Å². The summed E-state index contributed by atoms with van der Waals surface area (Å²) in [5, 5.41) is 6.70. The Kier molecular flexibility index (Phi) is 10.8. The van der Waals surface area contributed by atoms with Crippen LogP contribution in [-0.2, 0) is 12.3 Å². The Hall–Kier alpha value is -0.540. The Morgan fingerprint density at radius 2 is 2.08 bits per heavy atom. The van der Waals surface area contributed by atoms with Crippen molar-refractivity contribution in [1.29, 1.82) is 0 Å². The zero-order valence-corrected chi connectivity index (χ0v) is 18.5. The first-order valence-electron chi connectivity index (χ1n) is 8.62. The number of nitrogens with one attached hydrogen (secondary N) is 2. The molecule has 1 aliphatic carbocycles. The molecule has 0 amide bonds. The first-order valence-corrected chi connectivity index (χ1v) is 10.0. The molecule has 0 radical (unpaired) electrons. The number of aliphatic imine (C=N–C) groups is 1. The quantitative estimate of drug-likeness (QED) is 0.323. The second-order valence-corrected chi connectivity index (χ2v) is 6.92. The van der Waals surface area contributed by atoms with E-state index < -0.39 is 0 Å². The SMILES string of the molecule is CCN(CCNC(=NC)NCc1ccc(F)cc1CSC)C1CC1.I. The van der Waals surface area contributed by atoms with Gasteiger partial charge < -0.3 is 10.6 Å². The third kappa shape index (κ3) is 7.70. The predicted octanol–water partition coefficient (Wildman–Crippen LogP) is 3.46. The normalized spacial score (nSPS) is 14.4. The summed E-state index contributed by atoms with van der Waals surface area (Å²) in [6.45, 7) is 5.89. The van der Waals surface area contributed by atoms with E-state index in [1.165, 1.54) is 18.9 Å². The van der Waals surface area contributed by atoms with Crippen LogP contribution in [0.4, 0.5) is 4.39 Å². The van der Waals surface area contributed by atoms with Crippen molar-refractivity contribution in [2.45, 2.75) is 38.1 Å². The molecule has 0 unspecified atom stereocenters. The fourth-order valence-corrected chi connectivity index (χ4v) is 3.39. The van der Waals surface area contributed by atoms with Crippen molar-refractivity contribution in [3.05, 3.63) is 35.1 Å². The van der Waals surface area contributed by atoms with Crippen LogP contribution in [0.2, 0.25) is 0 Å². The molecule has 0 aliphatic heterocycles. The van der Waals surface area contributed by atoms with Gasteiger partial charge in [0.15, 0.2) is 5.96 Å². The lowest BCUT2D eigenvalue weighted by Crippen LogP contribution is -2.41. The topological polar surface area (TPSA) is 39.7 Å². The molecule has 1 aliphatic rings. The average Bonchev–Trinajstić information content (AvgIpc) is 3.41. The van der Waals surface area contributed by atoms with E-state index in [2.05, 4.69) is 27.4 Å². The van der Waals surface area contributed by atoms with Gasteiger partial charge in [-0.15, -0.1) is 24.0 Å². The van der Waals surface area contributed by atoms with Crippen molar-refractivity contribution in [3.63, 3.8) is 0 Å². The Morgan fingerprint density at radius 3 is 2.68 bits per heavy atom. The van der Waals surface area contributed by atoms with Crippen LogP contribution in [0, 0.1) is 5.82 Å². The van der Waals surface area contributed by atoms with Gasteiger partial charge in [-0.05, 0) is 48.9 Å². The Morgan fingerprint density at radius 1 is 1.32 bits per heavy atom. The first-order chi connectivity index (χ1) is 11.7. The molecule has 1 aromatic rings. The van der Waals surface area contributed by atoms with Gasteiger partial charge >= 0.3 is 0 Å². The highest BCUT2D eigenvalue weighted by atomic mass is 127. The highest BCUT2D eigenvalue weighted by Gasteiger charge is 2.27. The monoisotopic (exact) mass is 480 g/mol. The van der Waals surface area contributed by atoms with E-state index in [1.54, 1.807) is 24.9 Å². The number of guanidine groups is 1. The molecular weight excluding hydrogens is 450 g/mol. The van der Waals surface area contributed by atoms with Crippen LogP contribution < -0.4 is 10.6 Å². The van der Waals surface area contributed by atoms with Crippen LogP contribution >= 0.6 is 35.7 Å². The number of hydrogen-bond donors (Lipinski definition) is 2. The van der Waals surface area contributed by atoms with E-state index in [9.17, 15) is 4.39 Å². The summed E-state index contributed by atoms with van der Waals surface area (Å²) in [6.07, 6.45) is 4.70. The molecule has 0 bridgehead atoms. The van der Waals surface area contributed by atoms with E-state index in [0.29, 0.717) is 6.54 Å². The van der Waals surface area contributed by atoms with Gasteiger partial charge in [0.05, 0.1) is 0 Å². The summed E-state index contributed by atoms with van der Waals surface area (Å²) < 4.78 is 13.4. The van der Waals surface area contributed by atoms with Gasteiger partial charge in [-0.2, -0.15) is 11.8 Å². The van der Waals surface area contributed by atoms with E-state index in [4.69, 9.17) is 0 Å². The molecule has 0 atom stereocenters. The van der Waals surface area contributed by atoms with Gasteiger partial charge in [0.2, 0.25) is 0 Å². The lowest BCUT2D eigenvalue weighted by atomic mass is 10.1. The van der Waals surface area contributed by atoms with Gasteiger partial charge in [-0.1, -0.05) is 13.0 Å². The lowest BCUT2D eigenvalue weighted by molar-refractivity contribution is 0.282. The van der Waals surface area contributed by atoms with Gasteiger partial charge in [0, 0.05) is 38.5 Å². The predicted molar refractivity (Wildman–Crippen MR) is 118 cm³/mol. The number of benzene rings is 1. The molecule has 1 fully saturated rings. The number of nitrogens with zero attached hydrogens (tertiary/aromatic N) is 2. The molecule has 1 saturated carbocycles. The fraction of sp³-hybridized carbons (Fsp3) is 0.611. The maximum Gasteiger partial charge on any atom is 0.191 e. The Balaban J connectivity index is 0.00000312. The zero-order valence-electron chi connectivity index (χ0n) is 15.3. The number of thioether (sulfide) groups is 1. The molecule has 0 saturated heterocycles. The third-order valence-corrected chi connectivity index (χ3v) is 4.90. The molecule has 4 nitrogen and oxygen atoms in total. The zero-order chi connectivity index (χ0) is 17.4. The largest absolute Gasteiger partial charge is 0.355 e. The summed E-state index contributed by atoms with van der Waals surface area (Å²) in [4.78, 5) is 6.79. The van der Waals surface area contributed by atoms with Crippen LogP contribution in [0.1, 0.15) is 30.9 Å². The highest BCUT2D eigenvalue weighted by molar-refractivity contribution is 14.0. The van der Waals surface area contributed by atoms with Crippen molar-refractivity contribution < 1.29 is 4.39 Å². The van der Waals surface area contributed by atoms with Crippen LogP contribution in [0.25, 0.3) is 0 Å². The standard InChI is InChI=1S/C18H29FN4S.HI/c1-4-23(17-7-8-17)10-9-21-18(20-2)22-12-14-5-6-16(19)11-15(14)13-24-3;/h5-6,11,17H,4,7-10,12-13H2,1-3H3,(H2,20,21,22);1H. The fourth-order valence-electron chi connectivity index (χ4n) is 2.81. The molecule has 0 aromatic heterocycles. The summed E-state index contributed by atoms with van der Waals surface area (Å²) in [6, 6.07) is 5.79. The smallest absolute Gasteiger partial charge is 0.191 e. The Labute approximate surface area is 172 Å². The van der Waals surface area contributed by atoms with Crippen LogP contribution in [0.5, 0.6) is 0 Å². The van der Waals surface area contributed by atoms with Crippen molar-refractivity contribution in [3.8, 4) is 0 Å². The molecule has 0 heterocycles. The van der Waals surface area contributed by atoms with Gasteiger partial charge in [-0.25, -0.2) is 4.39 Å². The summed E-state index contributed by atoms with van der Waals surface area (Å²) in [5.74, 6) is 1.43. The molecule has 2 N–H and O–H groups in total. The van der Waals surface area contributed by atoms with E-state index in [1.807, 2.05) is 12.3 Å². The minimum Gasteiger partial charge on any atom is -0.355 e. The van der Waals surface area contributed by atoms with Gasteiger partial charge in [0.1, 0.15) is 5.82 Å². The lowest BCUT2D eigenvalue weighted by Gasteiger charge is -2.21. The van der Waals surface area contributed by atoms with Gasteiger partial charge in [-0.3, -0.25) is 9.89 Å². The summed E-state index contributed by atoms with van der Waals surface area (Å²) in [5.41, 5.74) is 2.15. The van der Waals surface area contributed by atoms with Crippen molar-refractivity contribution in [2.75, 3.05) is 32.9 Å². The average molecular weight is 480 g/mol. The second kappa shape index (κ2) is 12.0. The maximum absolute atomic E-state index is 13.4. The van der Waals surface area contributed by atoms with E-state index in [-0.39, 0.29) is 29.8 Å². The second-order valence-electron chi connectivity index (χ2n) is 6.06. The van der Waals surface area contributed by atoms with Crippen LogP contribution in [-0.4, -0.2) is 49.8 Å². The van der Waals surface area contributed by atoms with Crippen LogP contribution in [0.3, 0.4) is 0 Å². The van der Waals surface area contributed by atoms with Crippen LogP contribution in [0.15, 0.2) is 23.2 Å². The molecular formula is C18H30FIN4S. The minimum atomic E-state index is -0.176. The van der Waals surface area contributed by atoms with Crippen molar-refractivity contribution >= 4 is 41.7 Å². The molecule has 7 heteroatoms. The Bertz CT molecular complexity index is 552. The number of likely N-dealkylation sites (N-methyl/N-ethyl adjacent to an activating group) is 1. The third-order valence-electron chi connectivity index (χ3n) is 4.30. The van der Waals surface area contributed by atoms with E-state index >= 15 is 0 Å². The molecule has 25 heavy (non-hydrogen) atoms. The van der Waals surface area contributed by atoms with Crippen molar-refractivity contribution in [1.82, 2.24) is 15.5 Å². The number of rotatable bonds is 9. The summed E-state index contributed by atoms with van der Waals surface area (Å²) in [7, 11) is 1.78. The van der Waals surface area contributed by atoms with Crippen molar-refractivity contribution in [2.24, 2.45) is 4.99 Å². The number of hydrogen-bond acceptors (Lipinski definition) is 3. The molecule has 1 aromatic carbocycles. The minimum absolute atomic E-state index is 0. The van der Waals surface area contributed by atoms with E-state index in [0.717, 1.165) is 48.5 Å². The summed E-state index contributed by atoms with van der Waals surface area (Å²) >= 11 is 1.70. The first kappa shape index (κ1) is 22.5. The number of halogens is 2. The maximum atomic E-state index is 13.4. The highest BCUT2D eigenvalue weighted by Crippen LogP contribution is 2.25. The molecule has 2 rings (SSSR count).